The Morgan fingerprint density at radius 1 is 0.970 bits per heavy atom. The van der Waals surface area contributed by atoms with Crippen molar-refractivity contribution in [2.75, 3.05) is 12.5 Å². The molecule has 0 bridgehead atoms. The molecule has 6 heteroatoms. The molecule has 0 fully saturated rings. The van der Waals surface area contributed by atoms with Crippen LogP contribution < -0.4 is 15.5 Å². The Labute approximate surface area is 190 Å². The molecule has 2 aromatic heterocycles. The molecule has 6 nitrogen and oxygen atoms in total. The summed E-state index contributed by atoms with van der Waals surface area (Å²) >= 11 is 0. The van der Waals surface area contributed by atoms with E-state index in [0.717, 1.165) is 43.9 Å². The summed E-state index contributed by atoms with van der Waals surface area (Å²) in [5, 5.41) is 17.4. The van der Waals surface area contributed by atoms with Gasteiger partial charge in [0.1, 0.15) is 17.2 Å². The molecule has 0 aliphatic rings. The van der Waals surface area contributed by atoms with Crippen LogP contribution >= 0.6 is 0 Å². The predicted molar refractivity (Wildman–Crippen MR) is 130 cm³/mol. The molecule has 0 aliphatic heterocycles. The minimum atomic E-state index is 0.0719. The summed E-state index contributed by atoms with van der Waals surface area (Å²) in [6, 6.07) is 23.0. The number of nitrogens with zero attached hydrogens (tertiary/aromatic N) is 2. The molecule has 0 radical (unpaired) electrons. The molecule has 164 valence electrons. The van der Waals surface area contributed by atoms with E-state index in [1.807, 2.05) is 62.4 Å². The van der Waals surface area contributed by atoms with Crippen molar-refractivity contribution in [1.82, 2.24) is 4.98 Å². The molecule has 3 aromatic carbocycles. The van der Waals surface area contributed by atoms with Crippen LogP contribution in [-0.4, -0.2) is 17.2 Å². The molecule has 2 N–H and O–H groups in total. The lowest BCUT2D eigenvalue weighted by Gasteiger charge is -2.10. The van der Waals surface area contributed by atoms with Crippen molar-refractivity contribution < 1.29 is 14.3 Å². The van der Waals surface area contributed by atoms with E-state index < -0.39 is 0 Å². The number of anilines is 1. The van der Waals surface area contributed by atoms with E-state index in [-0.39, 0.29) is 5.75 Å². The van der Waals surface area contributed by atoms with Crippen LogP contribution in [0, 0.1) is 13.8 Å². The normalized spacial score (nSPS) is 11.8. The molecular weight excluding hydrogens is 414 g/mol. The van der Waals surface area contributed by atoms with Crippen molar-refractivity contribution >= 4 is 27.7 Å². The highest BCUT2D eigenvalue weighted by Gasteiger charge is 2.11. The van der Waals surface area contributed by atoms with Gasteiger partial charge in [0.2, 0.25) is 0 Å². The van der Waals surface area contributed by atoms with Crippen LogP contribution in [0.1, 0.15) is 11.1 Å². The highest BCUT2D eigenvalue weighted by Crippen LogP contribution is 2.32. The number of aromatic hydroxyl groups is 1. The predicted octanol–water partition coefficient (Wildman–Crippen LogP) is 5.91. The highest BCUT2D eigenvalue weighted by molar-refractivity contribution is 5.83. The number of pyridine rings is 1. The first kappa shape index (κ1) is 20.6. The van der Waals surface area contributed by atoms with E-state index in [1.54, 1.807) is 18.2 Å². The molecule has 0 spiro atoms. The third-order valence-electron chi connectivity index (χ3n) is 5.54. The van der Waals surface area contributed by atoms with Crippen LogP contribution in [0.25, 0.3) is 33.2 Å². The number of fused-ring (bicyclic) bond motifs is 2. The quantitative estimate of drug-likeness (QED) is 0.342. The number of phenolic OH excluding ortho intramolecular Hbond substituents is 1. The van der Waals surface area contributed by atoms with E-state index in [2.05, 4.69) is 16.5 Å². The van der Waals surface area contributed by atoms with Crippen LogP contribution in [0.15, 0.2) is 82.3 Å². The Balaban J connectivity index is 1.67. The number of para-hydroxylation sites is 1. The van der Waals surface area contributed by atoms with Gasteiger partial charge in [0.25, 0.3) is 0 Å². The van der Waals surface area contributed by atoms with E-state index in [0.29, 0.717) is 17.3 Å². The Hall–Kier alpha value is -4.32. The maximum atomic E-state index is 9.98. The molecule has 5 rings (SSSR count). The smallest absolute Gasteiger partial charge is 0.161 e. The molecule has 0 saturated carbocycles. The first-order chi connectivity index (χ1) is 16.0. The van der Waals surface area contributed by atoms with Crippen LogP contribution in [0.5, 0.6) is 11.5 Å². The topological polar surface area (TPSA) is 79.9 Å². The Morgan fingerprint density at radius 3 is 2.67 bits per heavy atom. The van der Waals surface area contributed by atoms with Gasteiger partial charge >= 0.3 is 0 Å². The zero-order valence-corrected chi connectivity index (χ0v) is 18.6. The fourth-order valence-corrected chi connectivity index (χ4v) is 3.99. The number of hydrogen-bond donors (Lipinski definition) is 2. The van der Waals surface area contributed by atoms with Crippen molar-refractivity contribution in [3.63, 3.8) is 0 Å². The Bertz CT molecular complexity index is 1570. The first-order valence-electron chi connectivity index (χ1n) is 10.6. The fraction of sp³-hybridized carbons (Fsp3) is 0.111. The van der Waals surface area contributed by atoms with Crippen molar-refractivity contribution in [3.8, 4) is 22.8 Å². The molecule has 0 unspecified atom stereocenters. The second kappa shape index (κ2) is 8.31. The Morgan fingerprint density at radius 2 is 1.82 bits per heavy atom. The van der Waals surface area contributed by atoms with E-state index >= 15 is 0 Å². The summed E-state index contributed by atoms with van der Waals surface area (Å²) < 4.78 is 11.5. The molecule has 33 heavy (non-hydrogen) atoms. The third-order valence-corrected chi connectivity index (χ3v) is 5.54. The molecule has 0 amide bonds. The van der Waals surface area contributed by atoms with Crippen molar-refractivity contribution in [3.05, 3.63) is 89.3 Å². The minimum Gasteiger partial charge on any atom is -0.504 e. The zero-order chi connectivity index (χ0) is 22.9. The van der Waals surface area contributed by atoms with Gasteiger partial charge in [-0.25, -0.2) is 4.98 Å². The average Bonchev–Trinajstić information content (AvgIpc) is 2.82. The summed E-state index contributed by atoms with van der Waals surface area (Å²) in [5.74, 6) is 1.71. The van der Waals surface area contributed by atoms with E-state index in [9.17, 15) is 5.11 Å². The number of phenols is 1. The second-order valence-electron chi connectivity index (χ2n) is 7.95. The molecule has 0 atom stereocenters. The Kier molecular flexibility index (Phi) is 5.18. The fourth-order valence-electron chi connectivity index (χ4n) is 3.99. The van der Waals surface area contributed by atoms with Gasteiger partial charge < -0.3 is 14.3 Å². The van der Waals surface area contributed by atoms with Crippen molar-refractivity contribution in [1.29, 1.82) is 0 Å². The van der Waals surface area contributed by atoms with Gasteiger partial charge in [-0.2, -0.15) is 5.10 Å². The second-order valence-corrected chi connectivity index (χ2v) is 7.95. The monoisotopic (exact) mass is 437 g/mol. The summed E-state index contributed by atoms with van der Waals surface area (Å²) in [6.45, 7) is 4.08. The lowest BCUT2D eigenvalue weighted by molar-refractivity contribution is 0.373. The van der Waals surface area contributed by atoms with E-state index in [1.165, 1.54) is 7.11 Å². The molecular formula is C27H23N3O3. The largest absolute Gasteiger partial charge is 0.504 e. The highest BCUT2D eigenvalue weighted by atomic mass is 16.5. The number of rotatable bonds is 4. The number of benzene rings is 3. The van der Waals surface area contributed by atoms with Crippen LogP contribution in [0.3, 0.4) is 0 Å². The van der Waals surface area contributed by atoms with Gasteiger partial charge in [0, 0.05) is 22.4 Å². The first-order valence-corrected chi connectivity index (χ1v) is 10.6. The molecule has 5 aromatic rings. The number of nitrogens with one attached hydrogen (secondary N) is 1. The number of methoxy groups -OCH3 is 1. The van der Waals surface area contributed by atoms with Crippen molar-refractivity contribution in [2.24, 2.45) is 5.10 Å². The number of aromatic nitrogens is 1. The van der Waals surface area contributed by atoms with Crippen LogP contribution in [-0.2, 0) is 0 Å². The standard InChI is InChI=1S/C27H23N3O3/c1-16-12-17(2)27-21(29-30-26-11-9-18-6-4-5-7-20(18)28-26)15-23(33-25(27)13-16)19-8-10-22(31)24(14-19)32-3/h4-15,31H,1-3H3,(H,28,30). The zero-order valence-electron chi connectivity index (χ0n) is 18.6. The van der Waals surface area contributed by atoms with Crippen LogP contribution in [0.2, 0.25) is 0 Å². The lowest BCUT2D eigenvalue weighted by atomic mass is 10.0. The molecule has 2 heterocycles. The summed E-state index contributed by atoms with van der Waals surface area (Å²) in [6.07, 6.45) is 0. The summed E-state index contributed by atoms with van der Waals surface area (Å²) in [5.41, 5.74) is 7.66. The summed E-state index contributed by atoms with van der Waals surface area (Å²) in [4.78, 5) is 4.65. The SMILES string of the molecule is COc1cc(-c2cc(=NNc3ccc4ccccc4n3)c3c(C)cc(C)cc3o2)ccc1O. The number of hydrogen-bond acceptors (Lipinski definition) is 6. The maximum Gasteiger partial charge on any atom is 0.161 e. The average molecular weight is 437 g/mol. The van der Waals surface area contributed by atoms with Gasteiger partial charge in [-0.15, -0.1) is 0 Å². The number of ether oxygens (including phenoxy) is 1. The summed E-state index contributed by atoms with van der Waals surface area (Å²) in [7, 11) is 1.52. The van der Waals surface area contributed by atoms with Crippen LogP contribution in [0.4, 0.5) is 5.82 Å². The van der Waals surface area contributed by atoms with Gasteiger partial charge in [-0.3, -0.25) is 5.43 Å². The van der Waals surface area contributed by atoms with Gasteiger partial charge in [0.05, 0.1) is 18.0 Å². The molecule has 0 saturated heterocycles. The van der Waals surface area contributed by atoms with E-state index in [4.69, 9.17) is 14.3 Å². The molecule has 0 aliphatic carbocycles. The van der Waals surface area contributed by atoms with Gasteiger partial charge in [0.15, 0.2) is 11.5 Å². The van der Waals surface area contributed by atoms with Gasteiger partial charge in [-0.05, 0) is 67.4 Å². The van der Waals surface area contributed by atoms with Gasteiger partial charge in [-0.1, -0.05) is 24.3 Å². The lowest BCUT2D eigenvalue weighted by Crippen LogP contribution is -2.09. The number of aryl methyl sites for hydroxylation is 2. The maximum absolute atomic E-state index is 9.98. The third kappa shape index (κ3) is 3.99. The minimum absolute atomic E-state index is 0.0719. The van der Waals surface area contributed by atoms with Crippen molar-refractivity contribution in [2.45, 2.75) is 13.8 Å².